The van der Waals surface area contributed by atoms with Crippen molar-refractivity contribution in [3.05, 3.63) is 41.5 Å². The molecule has 1 aromatic rings. The maximum atomic E-state index is 4.37. The van der Waals surface area contributed by atoms with Crippen LogP contribution in [-0.2, 0) is 0 Å². The van der Waals surface area contributed by atoms with Gasteiger partial charge in [0.1, 0.15) is 0 Å². The van der Waals surface area contributed by atoms with Crippen molar-refractivity contribution in [2.75, 3.05) is 0 Å². The van der Waals surface area contributed by atoms with Gasteiger partial charge in [-0.1, -0.05) is 23.8 Å². The largest absolute Gasteiger partial charge is 0.257 e. The molecule has 1 unspecified atom stereocenters. The van der Waals surface area contributed by atoms with E-state index >= 15 is 0 Å². The minimum absolute atomic E-state index is 0.684. The second kappa shape index (κ2) is 2.07. The Labute approximate surface area is 71.5 Å². The van der Waals surface area contributed by atoms with Crippen molar-refractivity contribution in [3.63, 3.8) is 0 Å². The second-order valence-electron chi connectivity index (χ2n) is 3.34. The van der Waals surface area contributed by atoms with Gasteiger partial charge in [-0.05, 0) is 24.1 Å². The molecule has 1 aromatic carbocycles. The van der Waals surface area contributed by atoms with E-state index in [4.69, 9.17) is 0 Å². The van der Waals surface area contributed by atoms with Crippen LogP contribution in [0.5, 0.6) is 0 Å². The minimum atomic E-state index is 0.684. The number of hydrogen-bond donors (Lipinski definition) is 0. The number of aliphatic imine (C=N–C) groups is 1. The van der Waals surface area contributed by atoms with Crippen LogP contribution in [-0.4, -0.2) is 6.21 Å². The van der Waals surface area contributed by atoms with Gasteiger partial charge in [0.05, 0.1) is 5.69 Å². The zero-order chi connectivity index (χ0) is 7.97. The average Bonchev–Trinajstić information content (AvgIpc) is 2.82. The first-order valence-electron chi connectivity index (χ1n) is 4.27. The van der Waals surface area contributed by atoms with Crippen LogP contribution in [0.4, 0.5) is 5.69 Å². The summed E-state index contributed by atoms with van der Waals surface area (Å²) in [6.45, 7) is 0. The summed E-state index contributed by atoms with van der Waals surface area (Å²) in [4.78, 5) is 4.37. The molecule has 58 valence electrons. The molecule has 0 saturated heterocycles. The smallest absolute Gasteiger partial charge is 0.0667 e. The summed E-state index contributed by atoms with van der Waals surface area (Å²) in [7, 11) is 0. The summed E-state index contributed by atoms with van der Waals surface area (Å²) in [5.74, 6) is 0.684. The molecule has 0 N–H and O–H groups in total. The van der Waals surface area contributed by atoms with E-state index in [2.05, 4.69) is 29.3 Å². The molecule has 0 spiro atoms. The number of hydrogen-bond acceptors (Lipinski definition) is 1. The van der Waals surface area contributed by atoms with Gasteiger partial charge in [-0.3, -0.25) is 4.99 Å². The predicted molar refractivity (Wildman–Crippen MR) is 50.0 cm³/mol. The Hall–Kier alpha value is -1.37. The van der Waals surface area contributed by atoms with Crippen LogP contribution >= 0.6 is 0 Å². The van der Waals surface area contributed by atoms with E-state index in [1.165, 1.54) is 17.6 Å². The standard InChI is InChI=1S/C11H9N/c1-2-4-11-9(3-1)10-7-8(10)5-6-12-11/h1-6,10H,7H2. The van der Waals surface area contributed by atoms with Crippen molar-refractivity contribution in [1.29, 1.82) is 0 Å². The van der Waals surface area contributed by atoms with Crippen molar-refractivity contribution >= 4 is 11.9 Å². The molecule has 1 nitrogen and oxygen atoms in total. The van der Waals surface area contributed by atoms with Gasteiger partial charge < -0.3 is 0 Å². The number of rotatable bonds is 0. The van der Waals surface area contributed by atoms with Crippen LogP contribution in [0.3, 0.4) is 0 Å². The zero-order valence-electron chi connectivity index (χ0n) is 6.70. The number of benzene rings is 1. The fourth-order valence-corrected chi connectivity index (χ4v) is 1.78. The van der Waals surface area contributed by atoms with Gasteiger partial charge in [-0.15, -0.1) is 0 Å². The van der Waals surface area contributed by atoms with Crippen molar-refractivity contribution < 1.29 is 0 Å². The summed E-state index contributed by atoms with van der Waals surface area (Å²) >= 11 is 0. The van der Waals surface area contributed by atoms with E-state index in [1.54, 1.807) is 0 Å². The lowest BCUT2D eigenvalue weighted by Gasteiger charge is -2.00. The maximum absolute atomic E-state index is 4.37. The van der Waals surface area contributed by atoms with Gasteiger partial charge in [-0.2, -0.15) is 0 Å². The van der Waals surface area contributed by atoms with Gasteiger partial charge in [0, 0.05) is 12.1 Å². The van der Waals surface area contributed by atoms with Crippen LogP contribution in [0.1, 0.15) is 17.9 Å². The number of allylic oxidation sites excluding steroid dienone is 2. The highest BCUT2D eigenvalue weighted by molar-refractivity contribution is 5.80. The first-order valence-corrected chi connectivity index (χ1v) is 4.27. The monoisotopic (exact) mass is 155 g/mol. The lowest BCUT2D eigenvalue weighted by Crippen LogP contribution is -1.78. The molecule has 1 fully saturated rings. The highest BCUT2D eigenvalue weighted by atomic mass is 14.7. The molecule has 1 heteroatoms. The Morgan fingerprint density at radius 1 is 1.25 bits per heavy atom. The lowest BCUT2D eigenvalue weighted by molar-refractivity contribution is 1.16. The Morgan fingerprint density at radius 3 is 3.17 bits per heavy atom. The van der Waals surface area contributed by atoms with Gasteiger partial charge in [0.2, 0.25) is 0 Å². The third kappa shape index (κ3) is 0.765. The first kappa shape index (κ1) is 6.18. The van der Waals surface area contributed by atoms with Crippen LogP contribution in [0.15, 0.2) is 40.9 Å². The van der Waals surface area contributed by atoms with E-state index < -0.39 is 0 Å². The predicted octanol–water partition coefficient (Wildman–Crippen LogP) is 2.82. The third-order valence-electron chi connectivity index (χ3n) is 2.54. The highest BCUT2D eigenvalue weighted by Crippen LogP contribution is 2.50. The summed E-state index contributed by atoms with van der Waals surface area (Å²) in [6, 6.07) is 8.41. The van der Waals surface area contributed by atoms with Gasteiger partial charge in [-0.25, -0.2) is 0 Å². The fraction of sp³-hybridized carbons (Fsp3) is 0.182. The highest BCUT2D eigenvalue weighted by Gasteiger charge is 2.33. The molecule has 3 rings (SSSR count). The first-order chi connectivity index (χ1) is 5.95. The topological polar surface area (TPSA) is 12.4 Å². The molecular formula is C11H9N. The molecule has 0 radical (unpaired) electrons. The molecule has 0 bridgehead atoms. The zero-order valence-corrected chi connectivity index (χ0v) is 6.70. The molecular weight excluding hydrogens is 146 g/mol. The van der Waals surface area contributed by atoms with Gasteiger partial charge in [0.15, 0.2) is 0 Å². The van der Waals surface area contributed by atoms with Crippen molar-refractivity contribution in [1.82, 2.24) is 0 Å². The maximum Gasteiger partial charge on any atom is 0.0667 e. The molecule has 0 aromatic heterocycles. The van der Waals surface area contributed by atoms with E-state index in [-0.39, 0.29) is 0 Å². The van der Waals surface area contributed by atoms with Crippen LogP contribution in [0.25, 0.3) is 0 Å². The molecule has 1 heterocycles. The quantitative estimate of drug-likeness (QED) is 0.546. The third-order valence-corrected chi connectivity index (χ3v) is 2.54. The van der Waals surface area contributed by atoms with E-state index in [0.717, 1.165) is 5.69 Å². The number of nitrogens with zero attached hydrogens (tertiary/aromatic N) is 1. The summed E-state index contributed by atoms with van der Waals surface area (Å²) < 4.78 is 0. The van der Waals surface area contributed by atoms with Gasteiger partial charge in [0.25, 0.3) is 0 Å². The summed E-state index contributed by atoms with van der Waals surface area (Å²) in [6.07, 6.45) is 5.30. The molecule has 0 amide bonds. The lowest BCUT2D eigenvalue weighted by atomic mass is 10.1. The number of fused-ring (bicyclic) bond motifs is 3. The van der Waals surface area contributed by atoms with E-state index in [9.17, 15) is 0 Å². The Bertz CT molecular complexity index is 388. The van der Waals surface area contributed by atoms with Crippen LogP contribution in [0.2, 0.25) is 0 Å². The average molecular weight is 155 g/mol. The Kier molecular flexibility index (Phi) is 1.06. The minimum Gasteiger partial charge on any atom is -0.257 e. The van der Waals surface area contributed by atoms with Crippen LogP contribution < -0.4 is 0 Å². The Morgan fingerprint density at radius 2 is 2.17 bits per heavy atom. The van der Waals surface area contributed by atoms with Crippen molar-refractivity contribution in [3.8, 4) is 0 Å². The number of para-hydroxylation sites is 1. The summed E-state index contributed by atoms with van der Waals surface area (Å²) in [5.41, 5.74) is 4.08. The van der Waals surface area contributed by atoms with E-state index in [1.807, 2.05) is 12.3 Å². The molecule has 1 aliphatic carbocycles. The molecule has 1 aliphatic heterocycles. The fourth-order valence-electron chi connectivity index (χ4n) is 1.78. The van der Waals surface area contributed by atoms with Crippen molar-refractivity contribution in [2.24, 2.45) is 4.99 Å². The molecule has 12 heavy (non-hydrogen) atoms. The van der Waals surface area contributed by atoms with Crippen LogP contribution in [0, 0.1) is 0 Å². The SMILES string of the molecule is C1=Nc2ccccc2C2CC2=C1. The summed E-state index contributed by atoms with van der Waals surface area (Å²) in [5, 5.41) is 0. The molecule has 2 aliphatic rings. The Balaban J connectivity index is 2.24. The molecule has 1 atom stereocenters. The van der Waals surface area contributed by atoms with Crippen molar-refractivity contribution in [2.45, 2.75) is 12.3 Å². The molecule has 1 saturated carbocycles. The normalized spacial score (nSPS) is 23.7. The second-order valence-corrected chi connectivity index (χ2v) is 3.34. The van der Waals surface area contributed by atoms with Gasteiger partial charge >= 0.3 is 0 Å². The van der Waals surface area contributed by atoms with E-state index in [0.29, 0.717) is 5.92 Å².